The van der Waals surface area contributed by atoms with Crippen LogP contribution in [0.2, 0.25) is 5.02 Å². The maximum atomic E-state index is 6.28. The summed E-state index contributed by atoms with van der Waals surface area (Å²) in [5.74, 6) is 0.865. The van der Waals surface area contributed by atoms with E-state index in [4.69, 9.17) is 11.6 Å². The molecule has 1 atom stereocenters. The summed E-state index contributed by atoms with van der Waals surface area (Å²) in [5, 5.41) is 4.51. The largest absolute Gasteiger partial charge is 0.341 e. The standard InChI is InChI=1S/C18H21ClN4/c19-16-5-3-4-15-14(16)6-7-17(15)20-10-13-11-21-18(22-12-13)23-8-1-2-9-23/h3-5,11-12,17,20H,1-2,6-10H2/t17-/m1/s1. The summed E-state index contributed by atoms with van der Waals surface area (Å²) in [7, 11) is 0. The fourth-order valence-corrected chi connectivity index (χ4v) is 3.86. The minimum Gasteiger partial charge on any atom is -0.341 e. The Labute approximate surface area is 141 Å². The van der Waals surface area contributed by atoms with Crippen LogP contribution in [0.3, 0.4) is 0 Å². The molecule has 1 aliphatic heterocycles. The van der Waals surface area contributed by atoms with Gasteiger partial charge in [0.25, 0.3) is 0 Å². The summed E-state index contributed by atoms with van der Waals surface area (Å²) >= 11 is 6.28. The molecule has 1 saturated heterocycles. The van der Waals surface area contributed by atoms with Gasteiger partial charge < -0.3 is 10.2 Å². The lowest BCUT2D eigenvalue weighted by atomic mass is 10.1. The van der Waals surface area contributed by atoms with Crippen LogP contribution in [0.15, 0.2) is 30.6 Å². The second-order valence-electron chi connectivity index (χ2n) is 6.37. The van der Waals surface area contributed by atoms with Crippen LogP contribution in [0, 0.1) is 0 Å². The van der Waals surface area contributed by atoms with E-state index in [1.165, 1.54) is 24.0 Å². The van der Waals surface area contributed by atoms with E-state index in [9.17, 15) is 0 Å². The fraction of sp³-hybridized carbons (Fsp3) is 0.444. The molecule has 1 aromatic carbocycles. The van der Waals surface area contributed by atoms with E-state index >= 15 is 0 Å². The first kappa shape index (κ1) is 14.9. The number of benzene rings is 1. The molecule has 0 spiro atoms. The molecule has 2 heterocycles. The SMILES string of the molecule is Clc1cccc2c1CC[C@H]2NCc1cnc(N2CCCC2)nc1. The summed E-state index contributed by atoms with van der Waals surface area (Å²) in [5.41, 5.74) is 3.77. The van der Waals surface area contributed by atoms with Crippen molar-refractivity contribution < 1.29 is 0 Å². The summed E-state index contributed by atoms with van der Waals surface area (Å²) in [6, 6.07) is 6.57. The number of halogens is 1. The van der Waals surface area contributed by atoms with Crippen LogP contribution in [0.25, 0.3) is 0 Å². The highest BCUT2D eigenvalue weighted by Gasteiger charge is 2.23. The van der Waals surface area contributed by atoms with Gasteiger partial charge in [0.2, 0.25) is 5.95 Å². The highest BCUT2D eigenvalue weighted by atomic mass is 35.5. The van der Waals surface area contributed by atoms with Gasteiger partial charge in [-0.2, -0.15) is 0 Å². The van der Waals surface area contributed by atoms with Crippen molar-refractivity contribution in [3.8, 4) is 0 Å². The smallest absolute Gasteiger partial charge is 0.225 e. The Balaban J connectivity index is 1.39. The first-order chi connectivity index (χ1) is 11.3. The second-order valence-corrected chi connectivity index (χ2v) is 6.77. The fourth-order valence-electron chi connectivity index (χ4n) is 3.58. The quantitative estimate of drug-likeness (QED) is 0.932. The Morgan fingerprint density at radius 1 is 1.17 bits per heavy atom. The molecule has 4 nitrogen and oxygen atoms in total. The highest BCUT2D eigenvalue weighted by Crippen LogP contribution is 2.35. The third-order valence-corrected chi connectivity index (χ3v) is 5.20. The minimum absolute atomic E-state index is 0.377. The van der Waals surface area contributed by atoms with Gasteiger partial charge in [-0.15, -0.1) is 0 Å². The summed E-state index contributed by atoms with van der Waals surface area (Å²) in [4.78, 5) is 11.3. The summed E-state index contributed by atoms with van der Waals surface area (Å²) < 4.78 is 0. The Morgan fingerprint density at radius 3 is 2.74 bits per heavy atom. The lowest BCUT2D eigenvalue weighted by Gasteiger charge is -2.16. The molecule has 2 aliphatic rings. The van der Waals surface area contributed by atoms with E-state index in [0.717, 1.165) is 49.0 Å². The number of hydrogen-bond acceptors (Lipinski definition) is 4. The van der Waals surface area contributed by atoms with Crippen molar-refractivity contribution in [2.24, 2.45) is 0 Å². The molecule has 1 aliphatic carbocycles. The van der Waals surface area contributed by atoms with Gasteiger partial charge in [0.05, 0.1) is 0 Å². The predicted molar refractivity (Wildman–Crippen MR) is 92.8 cm³/mol. The van der Waals surface area contributed by atoms with Crippen molar-refractivity contribution in [1.82, 2.24) is 15.3 Å². The van der Waals surface area contributed by atoms with E-state index in [2.05, 4.69) is 26.3 Å². The maximum Gasteiger partial charge on any atom is 0.225 e. The minimum atomic E-state index is 0.377. The first-order valence-corrected chi connectivity index (χ1v) is 8.75. The molecule has 23 heavy (non-hydrogen) atoms. The van der Waals surface area contributed by atoms with Crippen molar-refractivity contribution in [2.75, 3.05) is 18.0 Å². The third-order valence-electron chi connectivity index (χ3n) is 4.85. The molecule has 0 saturated carbocycles. The van der Waals surface area contributed by atoms with Crippen LogP contribution in [-0.4, -0.2) is 23.1 Å². The first-order valence-electron chi connectivity index (χ1n) is 8.38. The zero-order valence-corrected chi connectivity index (χ0v) is 13.9. The summed E-state index contributed by atoms with van der Waals surface area (Å²) in [6.45, 7) is 2.95. The monoisotopic (exact) mass is 328 g/mol. The molecule has 0 unspecified atom stereocenters. The number of nitrogens with zero attached hydrogens (tertiary/aromatic N) is 3. The molecule has 5 heteroatoms. The van der Waals surface area contributed by atoms with Crippen molar-refractivity contribution >= 4 is 17.5 Å². The average molecular weight is 329 g/mol. The number of anilines is 1. The molecule has 120 valence electrons. The van der Waals surface area contributed by atoms with E-state index in [1.807, 2.05) is 24.5 Å². The van der Waals surface area contributed by atoms with E-state index in [1.54, 1.807) is 0 Å². The molecule has 0 radical (unpaired) electrons. The molecule has 1 N–H and O–H groups in total. The van der Waals surface area contributed by atoms with Gasteiger partial charge in [0.15, 0.2) is 0 Å². The topological polar surface area (TPSA) is 41.1 Å². The van der Waals surface area contributed by atoms with Gasteiger partial charge >= 0.3 is 0 Å². The van der Waals surface area contributed by atoms with Crippen molar-refractivity contribution in [3.63, 3.8) is 0 Å². The molecule has 1 aromatic heterocycles. The van der Waals surface area contributed by atoms with Crippen LogP contribution in [0.1, 0.15) is 42.0 Å². The lowest BCUT2D eigenvalue weighted by Crippen LogP contribution is -2.21. The third kappa shape index (κ3) is 3.06. The molecule has 0 bridgehead atoms. The van der Waals surface area contributed by atoms with Gasteiger partial charge in [-0.25, -0.2) is 9.97 Å². The van der Waals surface area contributed by atoms with Crippen molar-refractivity contribution in [3.05, 3.63) is 52.3 Å². The second kappa shape index (κ2) is 6.46. The van der Waals surface area contributed by atoms with Gasteiger partial charge in [0, 0.05) is 48.7 Å². The van der Waals surface area contributed by atoms with Crippen LogP contribution in [-0.2, 0) is 13.0 Å². The zero-order valence-electron chi connectivity index (χ0n) is 13.1. The van der Waals surface area contributed by atoms with E-state index < -0.39 is 0 Å². The number of hydrogen-bond donors (Lipinski definition) is 1. The highest BCUT2D eigenvalue weighted by molar-refractivity contribution is 6.31. The van der Waals surface area contributed by atoms with Crippen LogP contribution in [0.4, 0.5) is 5.95 Å². The van der Waals surface area contributed by atoms with Gasteiger partial charge in [-0.05, 0) is 42.9 Å². The predicted octanol–water partition coefficient (Wildman–Crippen LogP) is 3.51. The Morgan fingerprint density at radius 2 is 1.96 bits per heavy atom. The number of nitrogens with one attached hydrogen (secondary N) is 1. The van der Waals surface area contributed by atoms with E-state index in [-0.39, 0.29) is 0 Å². The van der Waals surface area contributed by atoms with Gasteiger partial charge in [0.1, 0.15) is 0 Å². The van der Waals surface area contributed by atoms with Crippen molar-refractivity contribution in [1.29, 1.82) is 0 Å². The lowest BCUT2D eigenvalue weighted by molar-refractivity contribution is 0.529. The van der Waals surface area contributed by atoms with Crippen LogP contribution >= 0.6 is 11.6 Å². The molecular formula is C18H21ClN4. The van der Waals surface area contributed by atoms with Crippen LogP contribution in [0.5, 0.6) is 0 Å². The van der Waals surface area contributed by atoms with Crippen LogP contribution < -0.4 is 10.2 Å². The van der Waals surface area contributed by atoms with Crippen molar-refractivity contribution in [2.45, 2.75) is 38.3 Å². The zero-order chi connectivity index (χ0) is 15.6. The molecular weight excluding hydrogens is 308 g/mol. The molecule has 2 aromatic rings. The molecule has 1 fully saturated rings. The molecule has 4 rings (SSSR count). The van der Waals surface area contributed by atoms with Gasteiger partial charge in [-0.3, -0.25) is 0 Å². The molecule has 0 amide bonds. The number of aromatic nitrogens is 2. The number of fused-ring (bicyclic) bond motifs is 1. The summed E-state index contributed by atoms with van der Waals surface area (Å²) in [6.07, 6.45) is 8.54. The Kier molecular flexibility index (Phi) is 4.19. The Bertz CT molecular complexity index is 680. The average Bonchev–Trinajstić information content (AvgIpc) is 3.24. The van der Waals surface area contributed by atoms with Gasteiger partial charge in [-0.1, -0.05) is 23.7 Å². The maximum absolute atomic E-state index is 6.28. The Hall–Kier alpha value is -1.65. The normalized spacial score (nSPS) is 20.0. The van der Waals surface area contributed by atoms with E-state index in [0.29, 0.717) is 6.04 Å². The number of rotatable bonds is 4.